The number of anilines is 2. The molecule has 1 saturated heterocycles. The SMILES string of the molecule is COc1ccc(COCC2CN3C(=O)C4CN(C(=O)OC(C)(C)C)CCN4c4c3c(nc3c(F)c(Br)c(Cl)cc43)O2)cc1. The molecule has 0 N–H and O–H groups in total. The third-order valence-electron chi connectivity index (χ3n) is 7.57. The zero-order valence-electron chi connectivity index (χ0n) is 24.2. The maximum Gasteiger partial charge on any atom is 0.410 e. The number of hydrogen-bond acceptors (Lipinski definition) is 8. The van der Waals surface area contributed by atoms with E-state index >= 15 is 4.39 Å². The number of pyridine rings is 1. The monoisotopic (exact) mass is 676 g/mol. The maximum absolute atomic E-state index is 15.6. The van der Waals surface area contributed by atoms with Gasteiger partial charge in [0.25, 0.3) is 5.91 Å². The van der Waals surface area contributed by atoms with E-state index in [4.69, 9.17) is 30.5 Å². The van der Waals surface area contributed by atoms with Crippen LogP contribution in [0.5, 0.6) is 11.6 Å². The van der Waals surface area contributed by atoms with Crippen LogP contribution in [0.3, 0.4) is 0 Å². The highest BCUT2D eigenvalue weighted by atomic mass is 79.9. The van der Waals surface area contributed by atoms with E-state index in [1.807, 2.05) is 29.2 Å². The average molecular weight is 678 g/mol. The van der Waals surface area contributed by atoms with Gasteiger partial charge in [0.05, 0.1) is 48.6 Å². The molecule has 0 radical (unpaired) electrons. The van der Waals surface area contributed by atoms with Crippen molar-refractivity contribution < 1.29 is 32.9 Å². The van der Waals surface area contributed by atoms with Gasteiger partial charge in [-0.15, -0.1) is 0 Å². The average Bonchev–Trinajstić information content (AvgIpc) is 2.97. The molecule has 2 aromatic carbocycles. The number of benzene rings is 2. The fourth-order valence-corrected chi connectivity index (χ4v) is 6.11. The number of rotatable bonds is 5. The van der Waals surface area contributed by atoms with Crippen molar-refractivity contribution in [3.63, 3.8) is 0 Å². The standard InChI is InChI=1S/C30H31BrClFN4O6/c1-30(2,3)43-29(39)35-9-10-36-21(13-35)28(38)37-12-18(15-41-14-16-5-7-17(40-4)8-6-16)42-27-26(37)25(36)19-11-20(32)22(31)23(33)24(19)34-27/h5-8,11,18,21H,9-10,12-15H2,1-4H3. The van der Waals surface area contributed by atoms with Gasteiger partial charge in [0.15, 0.2) is 5.82 Å². The van der Waals surface area contributed by atoms with E-state index in [-0.39, 0.29) is 46.5 Å². The molecular weight excluding hydrogens is 647 g/mol. The van der Waals surface area contributed by atoms with Gasteiger partial charge in [-0.3, -0.25) is 4.79 Å². The molecule has 2 amide bonds. The van der Waals surface area contributed by atoms with Crippen LogP contribution >= 0.6 is 27.5 Å². The Bertz CT molecular complexity index is 1600. The first-order chi connectivity index (χ1) is 20.4. The number of carbonyl (C=O) groups excluding carboxylic acids is 2. The number of aromatic nitrogens is 1. The molecule has 2 unspecified atom stereocenters. The van der Waals surface area contributed by atoms with Crippen LogP contribution in [0.15, 0.2) is 34.8 Å². The highest BCUT2D eigenvalue weighted by Crippen LogP contribution is 2.50. The number of piperazine rings is 1. The lowest BCUT2D eigenvalue weighted by Crippen LogP contribution is -2.65. The number of methoxy groups -OCH3 is 1. The van der Waals surface area contributed by atoms with E-state index in [0.717, 1.165) is 11.3 Å². The molecule has 0 aliphatic carbocycles. The largest absolute Gasteiger partial charge is 0.497 e. The molecule has 0 saturated carbocycles. The molecule has 43 heavy (non-hydrogen) atoms. The van der Waals surface area contributed by atoms with Gasteiger partial charge in [0.1, 0.15) is 34.7 Å². The summed E-state index contributed by atoms with van der Waals surface area (Å²) in [4.78, 5) is 36.6. The maximum atomic E-state index is 15.6. The van der Waals surface area contributed by atoms with Gasteiger partial charge in [-0.1, -0.05) is 23.7 Å². The number of carbonyl (C=O) groups is 2. The van der Waals surface area contributed by atoms with E-state index in [1.165, 1.54) is 0 Å². The number of amides is 2. The molecule has 6 rings (SSSR count). The Kier molecular flexibility index (Phi) is 7.80. The predicted molar refractivity (Wildman–Crippen MR) is 163 cm³/mol. The van der Waals surface area contributed by atoms with Crippen LogP contribution in [0.1, 0.15) is 26.3 Å². The molecule has 4 heterocycles. The van der Waals surface area contributed by atoms with Crippen molar-refractivity contribution in [2.75, 3.05) is 49.7 Å². The minimum atomic E-state index is -0.725. The lowest BCUT2D eigenvalue weighted by atomic mass is 9.99. The van der Waals surface area contributed by atoms with Gasteiger partial charge in [-0.05, 0) is 60.5 Å². The molecular formula is C30H31BrClFN4O6. The molecule has 10 nitrogen and oxygen atoms in total. The quantitative estimate of drug-likeness (QED) is 0.325. The van der Waals surface area contributed by atoms with E-state index < -0.39 is 29.7 Å². The topological polar surface area (TPSA) is 93.7 Å². The van der Waals surface area contributed by atoms with Gasteiger partial charge in [0, 0.05) is 18.5 Å². The predicted octanol–water partition coefficient (Wildman–Crippen LogP) is 5.55. The summed E-state index contributed by atoms with van der Waals surface area (Å²) in [5.74, 6) is 0.0443. The van der Waals surface area contributed by atoms with Crippen molar-refractivity contribution in [1.82, 2.24) is 9.88 Å². The number of ether oxygens (including phenoxy) is 4. The zero-order chi connectivity index (χ0) is 30.6. The van der Waals surface area contributed by atoms with Crippen molar-refractivity contribution in [3.05, 3.63) is 51.2 Å². The summed E-state index contributed by atoms with van der Waals surface area (Å²) in [5.41, 5.74) is 1.39. The minimum Gasteiger partial charge on any atom is -0.497 e. The van der Waals surface area contributed by atoms with Crippen LogP contribution in [0, 0.1) is 5.82 Å². The molecule has 13 heteroatoms. The first-order valence-corrected chi connectivity index (χ1v) is 15.1. The number of nitrogens with zero attached hydrogens (tertiary/aromatic N) is 4. The van der Waals surface area contributed by atoms with E-state index in [9.17, 15) is 9.59 Å². The van der Waals surface area contributed by atoms with Gasteiger partial charge < -0.3 is 33.6 Å². The minimum absolute atomic E-state index is 0.0625. The third kappa shape index (κ3) is 5.56. The Morgan fingerprint density at radius 1 is 1.19 bits per heavy atom. The molecule has 1 fully saturated rings. The molecule has 3 aromatic rings. The summed E-state index contributed by atoms with van der Waals surface area (Å²) in [7, 11) is 1.61. The molecule has 0 bridgehead atoms. The van der Waals surface area contributed by atoms with Crippen molar-refractivity contribution >= 4 is 61.8 Å². The molecule has 0 spiro atoms. The second-order valence-electron chi connectivity index (χ2n) is 11.7. The zero-order valence-corrected chi connectivity index (χ0v) is 26.5. The summed E-state index contributed by atoms with van der Waals surface area (Å²) in [6.07, 6.45) is -1.06. The fraction of sp³-hybridized carbons (Fsp3) is 0.433. The highest BCUT2D eigenvalue weighted by Gasteiger charge is 2.48. The first kappa shape index (κ1) is 29.7. The Hall–Kier alpha value is -3.35. The summed E-state index contributed by atoms with van der Waals surface area (Å²) in [5, 5.41) is 0.632. The van der Waals surface area contributed by atoms with Gasteiger partial charge in [-0.25, -0.2) is 14.2 Å². The smallest absolute Gasteiger partial charge is 0.410 e. The van der Waals surface area contributed by atoms with E-state index in [0.29, 0.717) is 36.5 Å². The van der Waals surface area contributed by atoms with E-state index in [2.05, 4.69) is 20.9 Å². The van der Waals surface area contributed by atoms with Crippen molar-refractivity contribution in [1.29, 1.82) is 0 Å². The molecule has 2 atom stereocenters. The Morgan fingerprint density at radius 3 is 2.63 bits per heavy atom. The summed E-state index contributed by atoms with van der Waals surface area (Å²) >= 11 is 9.62. The molecule has 1 aromatic heterocycles. The van der Waals surface area contributed by atoms with E-state index in [1.54, 1.807) is 43.7 Å². The van der Waals surface area contributed by atoms with Crippen LogP contribution in [-0.4, -0.2) is 79.5 Å². The third-order valence-corrected chi connectivity index (χ3v) is 8.87. The normalized spacial score (nSPS) is 19.6. The van der Waals surface area contributed by atoms with Crippen molar-refractivity contribution in [3.8, 4) is 11.6 Å². The molecule has 228 valence electrons. The summed E-state index contributed by atoms with van der Waals surface area (Å²) in [6.45, 7) is 6.80. The lowest BCUT2D eigenvalue weighted by molar-refractivity contribution is -0.121. The number of halogens is 3. The van der Waals surface area contributed by atoms with Crippen LogP contribution in [0.25, 0.3) is 10.9 Å². The lowest BCUT2D eigenvalue weighted by Gasteiger charge is -2.50. The van der Waals surface area contributed by atoms with Crippen LogP contribution < -0.4 is 19.3 Å². The Balaban J connectivity index is 1.34. The van der Waals surface area contributed by atoms with Gasteiger partial charge in [0.2, 0.25) is 5.88 Å². The van der Waals surface area contributed by atoms with Crippen LogP contribution in [-0.2, 0) is 20.9 Å². The second kappa shape index (κ2) is 11.3. The first-order valence-electron chi connectivity index (χ1n) is 13.9. The Morgan fingerprint density at radius 2 is 1.93 bits per heavy atom. The number of fused-ring (bicyclic) bond motifs is 4. The fourth-order valence-electron chi connectivity index (χ4n) is 5.62. The Labute approximate surface area is 261 Å². The second-order valence-corrected chi connectivity index (χ2v) is 12.9. The van der Waals surface area contributed by atoms with Crippen molar-refractivity contribution in [2.24, 2.45) is 0 Å². The van der Waals surface area contributed by atoms with Gasteiger partial charge >= 0.3 is 6.09 Å². The summed E-state index contributed by atoms with van der Waals surface area (Å²) in [6, 6.07) is 8.43. The number of hydrogen-bond donors (Lipinski definition) is 0. The molecule has 3 aliphatic rings. The molecule has 3 aliphatic heterocycles. The van der Waals surface area contributed by atoms with Gasteiger partial charge in [-0.2, -0.15) is 0 Å². The van der Waals surface area contributed by atoms with Crippen molar-refractivity contribution in [2.45, 2.75) is 45.1 Å². The summed E-state index contributed by atoms with van der Waals surface area (Å²) < 4.78 is 38.7. The van der Waals surface area contributed by atoms with Crippen LogP contribution in [0.4, 0.5) is 20.6 Å². The van der Waals surface area contributed by atoms with Crippen LogP contribution in [0.2, 0.25) is 5.02 Å². The highest BCUT2D eigenvalue weighted by molar-refractivity contribution is 9.10.